The Morgan fingerprint density at radius 1 is 1.14 bits per heavy atom. The Hall–Kier alpha value is -4.16. The number of alkyl halides is 1. The quantitative estimate of drug-likeness (QED) is 0.428. The fourth-order valence-electron chi connectivity index (χ4n) is 6.33. The van der Waals surface area contributed by atoms with Gasteiger partial charge in [0.15, 0.2) is 0 Å². The Labute approximate surface area is 254 Å². The van der Waals surface area contributed by atoms with Gasteiger partial charge in [-0.25, -0.2) is 18.8 Å². The molecule has 238 valence electrons. The summed E-state index contributed by atoms with van der Waals surface area (Å²) in [6, 6.07) is 5.61. The van der Waals surface area contributed by atoms with Gasteiger partial charge >= 0.3 is 18.2 Å². The molecule has 1 aromatic carbocycles. The molecule has 1 aromatic rings. The number of carboxylic acid groups (broad SMARTS) is 1. The molecule has 0 bridgehead atoms. The highest BCUT2D eigenvalue weighted by atomic mass is 19.1. The Morgan fingerprint density at radius 3 is 2.70 bits per heavy atom. The number of carbonyl (C=O) groups is 5. The summed E-state index contributed by atoms with van der Waals surface area (Å²) >= 11 is 0. The first kappa shape index (κ1) is 31.3. The summed E-state index contributed by atoms with van der Waals surface area (Å²) in [6.07, 6.45) is 5.27. The molecule has 5 atom stereocenters. The maximum atomic E-state index is 13.9. The number of nitrogens with zero attached hydrogens (tertiary/aromatic N) is 2. The van der Waals surface area contributed by atoms with Crippen LogP contribution in [0.1, 0.15) is 56.1 Å². The van der Waals surface area contributed by atoms with E-state index >= 15 is 0 Å². The molecule has 1 aliphatic carbocycles. The zero-order valence-electron chi connectivity index (χ0n) is 24.5. The Kier molecular flexibility index (Phi) is 9.70. The molecule has 0 unspecified atom stereocenters. The molecule has 1 saturated heterocycles. The van der Waals surface area contributed by atoms with Crippen LogP contribution in [0.15, 0.2) is 36.4 Å². The Morgan fingerprint density at radius 2 is 1.93 bits per heavy atom. The lowest BCUT2D eigenvalue weighted by atomic mass is 10.0. The van der Waals surface area contributed by atoms with Crippen LogP contribution in [0.2, 0.25) is 0 Å². The number of carboxylic acids is 1. The van der Waals surface area contributed by atoms with Gasteiger partial charge in [0.1, 0.15) is 37.0 Å². The third kappa shape index (κ3) is 6.97. The van der Waals surface area contributed by atoms with Crippen LogP contribution in [-0.4, -0.2) is 95.0 Å². The van der Waals surface area contributed by atoms with Gasteiger partial charge in [-0.05, 0) is 43.2 Å². The highest BCUT2D eigenvalue weighted by Gasteiger charge is 2.61. The molecule has 3 N–H and O–H groups in total. The van der Waals surface area contributed by atoms with Crippen molar-refractivity contribution >= 4 is 30.0 Å². The van der Waals surface area contributed by atoms with Crippen LogP contribution in [0, 0.1) is 5.92 Å². The number of hydrogen-bond donors (Lipinski definition) is 3. The molecule has 13 heteroatoms. The molecule has 12 nitrogen and oxygen atoms in total. The summed E-state index contributed by atoms with van der Waals surface area (Å²) in [5, 5.41) is 15.2. The molecule has 0 spiro atoms. The average molecular weight is 615 g/mol. The van der Waals surface area contributed by atoms with Crippen LogP contribution < -0.4 is 10.6 Å². The van der Waals surface area contributed by atoms with Crippen molar-refractivity contribution in [3.63, 3.8) is 0 Å². The summed E-state index contributed by atoms with van der Waals surface area (Å²) < 4.78 is 23.2. The molecule has 5 rings (SSSR count). The van der Waals surface area contributed by atoms with Crippen molar-refractivity contribution in [3.8, 4) is 0 Å². The second-order valence-corrected chi connectivity index (χ2v) is 11.9. The van der Waals surface area contributed by atoms with Gasteiger partial charge in [0.2, 0.25) is 11.8 Å². The van der Waals surface area contributed by atoms with Gasteiger partial charge in [-0.2, -0.15) is 0 Å². The predicted molar refractivity (Wildman–Crippen MR) is 154 cm³/mol. The van der Waals surface area contributed by atoms with Crippen molar-refractivity contribution in [2.24, 2.45) is 5.92 Å². The van der Waals surface area contributed by atoms with Crippen LogP contribution in [0.3, 0.4) is 0 Å². The fourth-order valence-corrected chi connectivity index (χ4v) is 6.33. The third-order valence-corrected chi connectivity index (χ3v) is 8.88. The van der Waals surface area contributed by atoms with Gasteiger partial charge in [-0.3, -0.25) is 9.59 Å². The largest absolute Gasteiger partial charge is 0.479 e. The molecule has 44 heavy (non-hydrogen) atoms. The van der Waals surface area contributed by atoms with E-state index in [1.54, 1.807) is 4.90 Å². The second kappa shape index (κ2) is 13.6. The lowest BCUT2D eigenvalue weighted by molar-refractivity contribution is -0.145. The first-order valence-corrected chi connectivity index (χ1v) is 15.3. The normalized spacial score (nSPS) is 29.5. The molecular weight excluding hydrogens is 575 g/mol. The SMILES string of the molecule is O=C(N[C@H]1CCCCC/C=C\[C@H]2C[C@@]2(C(=O)O)NC(=O)[C@@H]2C[C@@H](OC(=O)N3CCc4ccccc4C3)CN2C1=O)OCCF. The minimum atomic E-state index is -1.48. The number of benzene rings is 1. The monoisotopic (exact) mass is 614 g/mol. The minimum Gasteiger partial charge on any atom is -0.479 e. The van der Waals surface area contributed by atoms with Gasteiger partial charge in [-0.1, -0.05) is 49.3 Å². The number of nitrogens with one attached hydrogen (secondary N) is 2. The van der Waals surface area contributed by atoms with Gasteiger partial charge in [0.05, 0.1) is 6.54 Å². The molecule has 0 aromatic heterocycles. The lowest BCUT2D eigenvalue weighted by Gasteiger charge is -2.30. The number of amides is 4. The van der Waals surface area contributed by atoms with Crippen molar-refractivity contribution in [3.05, 3.63) is 47.5 Å². The van der Waals surface area contributed by atoms with E-state index in [0.717, 1.165) is 24.0 Å². The fraction of sp³-hybridized carbons (Fsp3) is 0.581. The molecule has 0 radical (unpaired) electrons. The zero-order valence-corrected chi connectivity index (χ0v) is 24.5. The van der Waals surface area contributed by atoms with Crippen LogP contribution in [-0.2, 0) is 36.8 Å². The van der Waals surface area contributed by atoms with Gasteiger partial charge in [-0.15, -0.1) is 0 Å². The zero-order chi connectivity index (χ0) is 31.3. The van der Waals surface area contributed by atoms with Gasteiger partial charge in [0, 0.05) is 25.4 Å². The van der Waals surface area contributed by atoms with Crippen LogP contribution >= 0.6 is 0 Å². The van der Waals surface area contributed by atoms with E-state index < -0.39 is 67.0 Å². The third-order valence-electron chi connectivity index (χ3n) is 8.88. The molecule has 3 heterocycles. The average Bonchev–Trinajstić information content (AvgIpc) is 3.55. The first-order valence-electron chi connectivity index (χ1n) is 15.3. The van der Waals surface area contributed by atoms with E-state index in [-0.39, 0.29) is 31.7 Å². The smallest absolute Gasteiger partial charge is 0.410 e. The molecule has 2 fully saturated rings. The van der Waals surface area contributed by atoms with E-state index in [1.165, 1.54) is 4.90 Å². The van der Waals surface area contributed by atoms with Crippen LogP contribution in [0.25, 0.3) is 0 Å². The summed E-state index contributed by atoms with van der Waals surface area (Å²) in [6.45, 7) is -0.634. The van der Waals surface area contributed by atoms with E-state index in [0.29, 0.717) is 32.4 Å². The molecule has 1 saturated carbocycles. The predicted octanol–water partition coefficient (Wildman–Crippen LogP) is 2.69. The topological polar surface area (TPSA) is 155 Å². The molecular formula is C31H39FN4O8. The molecule has 4 aliphatic rings. The Balaban J connectivity index is 1.35. The maximum absolute atomic E-state index is 13.9. The van der Waals surface area contributed by atoms with E-state index in [9.17, 15) is 33.5 Å². The van der Waals surface area contributed by atoms with Crippen molar-refractivity contribution in [1.82, 2.24) is 20.4 Å². The van der Waals surface area contributed by atoms with Gasteiger partial charge in [0.25, 0.3) is 0 Å². The second-order valence-electron chi connectivity index (χ2n) is 11.9. The molecule has 3 aliphatic heterocycles. The number of aliphatic carboxylic acids is 1. The first-order chi connectivity index (χ1) is 21.2. The van der Waals surface area contributed by atoms with Crippen molar-refractivity contribution in [2.45, 2.75) is 81.6 Å². The number of allylic oxidation sites excluding steroid dienone is 1. The number of fused-ring (bicyclic) bond motifs is 3. The number of carbonyl (C=O) groups excluding carboxylic acids is 4. The van der Waals surface area contributed by atoms with E-state index in [4.69, 9.17) is 9.47 Å². The number of halogens is 1. The number of rotatable bonds is 5. The summed E-state index contributed by atoms with van der Waals surface area (Å²) in [5.41, 5.74) is 0.700. The van der Waals surface area contributed by atoms with Crippen molar-refractivity contribution in [2.75, 3.05) is 26.4 Å². The minimum absolute atomic E-state index is 0.0387. The lowest BCUT2D eigenvalue weighted by Crippen LogP contribution is -2.56. The van der Waals surface area contributed by atoms with Crippen LogP contribution in [0.5, 0.6) is 0 Å². The summed E-state index contributed by atoms with van der Waals surface area (Å²) in [4.78, 5) is 68.2. The molecule has 4 amide bonds. The van der Waals surface area contributed by atoms with Crippen molar-refractivity contribution < 1.29 is 42.9 Å². The number of alkyl carbamates (subject to hydrolysis) is 1. The maximum Gasteiger partial charge on any atom is 0.410 e. The Bertz CT molecular complexity index is 1310. The summed E-state index contributed by atoms with van der Waals surface area (Å²) in [5.74, 6) is -2.80. The standard InChI is InChI=1S/C31H39FN4O8/c32-13-15-43-29(41)33-24-11-5-3-1-2-4-10-22-17-31(22,28(39)40)34-26(37)25-16-23(19-36(25)27(24)38)44-30(42)35-14-12-20-8-6-7-9-21(20)18-35/h4,6-10,22-25H,1-3,5,11-19H2,(H,33,41)(H,34,37)(H,39,40)/b10-4-/t22-,23+,24-,25-,31+/m0/s1. The van der Waals surface area contributed by atoms with Crippen LogP contribution in [0.4, 0.5) is 14.0 Å². The summed E-state index contributed by atoms with van der Waals surface area (Å²) in [7, 11) is 0. The number of hydrogen-bond acceptors (Lipinski definition) is 7. The highest BCUT2D eigenvalue weighted by molar-refractivity contribution is 5.96. The van der Waals surface area contributed by atoms with Gasteiger partial charge < -0.3 is 35.0 Å². The van der Waals surface area contributed by atoms with Crippen molar-refractivity contribution in [1.29, 1.82) is 0 Å². The van der Waals surface area contributed by atoms with E-state index in [2.05, 4.69) is 10.6 Å². The highest BCUT2D eigenvalue weighted by Crippen LogP contribution is 2.45. The van der Waals surface area contributed by atoms with E-state index in [1.807, 2.05) is 36.4 Å². The number of ether oxygens (including phenoxy) is 2.